The Morgan fingerprint density at radius 3 is 2.88 bits per heavy atom. The van der Waals surface area contributed by atoms with E-state index in [4.69, 9.17) is 0 Å². The van der Waals surface area contributed by atoms with Crippen molar-refractivity contribution in [2.24, 2.45) is 5.10 Å². The van der Waals surface area contributed by atoms with Crippen LogP contribution in [0.15, 0.2) is 52.6 Å². The maximum Gasteiger partial charge on any atom is 0.280 e. The molecule has 3 aromatic rings. The number of hydrogen-bond donors (Lipinski definition) is 2. The van der Waals surface area contributed by atoms with Crippen LogP contribution in [0.3, 0.4) is 0 Å². The van der Waals surface area contributed by atoms with Gasteiger partial charge in [0.25, 0.3) is 11.5 Å². The molecule has 4 rings (SSSR count). The molecule has 7 nitrogen and oxygen atoms in total. The van der Waals surface area contributed by atoms with Crippen LogP contribution in [-0.2, 0) is 13.0 Å². The quantitative estimate of drug-likeness (QED) is 0.557. The summed E-state index contributed by atoms with van der Waals surface area (Å²) in [5.74, 6) is -1.04. The first kappa shape index (κ1) is 16.0. The highest BCUT2D eigenvalue weighted by Crippen LogP contribution is 2.31. The summed E-state index contributed by atoms with van der Waals surface area (Å²) in [6, 6.07) is 8.93. The predicted octanol–water partition coefficient (Wildman–Crippen LogP) is 1.81. The van der Waals surface area contributed by atoms with Crippen LogP contribution in [0, 0.1) is 0 Å². The fraction of sp³-hybridized carbons (Fsp3) is 0.158. The third kappa shape index (κ3) is 2.63. The number of aromatic nitrogens is 2. The Bertz CT molecular complexity index is 1090. The molecule has 0 fully saturated rings. The number of amides is 1. The van der Waals surface area contributed by atoms with E-state index in [9.17, 15) is 14.7 Å². The molecule has 1 aliphatic heterocycles. The maximum absolute atomic E-state index is 12.8. The molecule has 0 saturated carbocycles. The van der Waals surface area contributed by atoms with Crippen LogP contribution in [0.2, 0.25) is 0 Å². The Labute approximate surface area is 148 Å². The van der Waals surface area contributed by atoms with Gasteiger partial charge >= 0.3 is 0 Å². The SMILES string of the molecule is O=C(NN=Cc1ccncc1)c1c(O)c2cccc3c2n(c1=O)CCC3. The highest BCUT2D eigenvalue weighted by Gasteiger charge is 2.24. The van der Waals surface area contributed by atoms with Gasteiger partial charge in [0.1, 0.15) is 11.3 Å². The van der Waals surface area contributed by atoms with Crippen molar-refractivity contribution in [2.45, 2.75) is 19.4 Å². The van der Waals surface area contributed by atoms with E-state index in [1.807, 2.05) is 12.1 Å². The molecule has 2 N–H and O–H groups in total. The molecule has 0 bridgehead atoms. The van der Waals surface area contributed by atoms with Crippen molar-refractivity contribution in [2.75, 3.05) is 0 Å². The Balaban J connectivity index is 1.74. The number of aryl methyl sites for hydroxylation is 2. The highest BCUT2D eigenvalue weighted by molar-refractivity contribution is 6.03. The smallest absolute Gasteiger partial charge is 0.280 e. The Morgan fingerprint density at radius 1 is 1.27 bits per heavy atom. The van der Waals surface area contributed by atoms with E-state index in [2.05, 4.69) is 15.5 Å². The van der Waals surface area contributed by atoms with Crippen molar-refractivity contribution in [1.82, 2.24) is 15.0 Å². The predicted molar refractivity (Wildman–Crippen MR) is 97.5 cm³/mol. The van der Waals surface area contributed by atoms with Crippen LogP contribution in [0.1, 0.15) is 27.9 Å². The van der Waals surface area contributed by atoms with Crippen molar-refractivity contribution >= 4 is 23.0 Å². The van der Waals surface area contributed by atoms with E-state index in [1.165, 1.54) is 6.21 Å². The van der Waals surface area contributed by atoms with E-state index < -0.39 is 11.5 Å². The van der Waals surface area contributed by atoms with Crippen LogP contribution >= 0.6 is 0 Å². The third-order valence-electron chi connectivity index (χ3n) is 4.48. The first-order valence-corrected chi connectivity index (χ1v) is 8.27. The molecule has 7 heteroatoms. The number of rotatable bonds is 3. The van der Waals surface area contributed by atoms with Crippen LogP contribution in [0.25, 0.3) is 10.9 Å². The van der Waals surface area contributed by atoms with Gasteiger partial charge < -0.3 is 9.67 Å². The molecule has 0 spiro atoms. The van der Waals surface area contributed by atoms with E-state index in [0.717, 1.165) is 24.0 Å². The standard InChI is InChI=1S/C19H16N4O3/c24-17-14-5-1-3-13-4-2-10-23(16(13)14)19(26)15(17)18(25)22-21-11-12-6-8-20-9-7-12/h1,3,5-9,11,24H,2,4,10H2,(H,22,25). The lowest BCUT2D eigenvalue weighted by molar-refractivity contribution is 0.0950. The topological polar surface area (TPSA) is 96.6 Å². The number of benzene rings is 1. The Kier molecular flexibility index (Phi) is 3.96. The summed E-state index contributed by atoms with van der Waals surface area (Å²) in [6.45, 7) is 0.521. The van der Waals surface area contributed by atoms with Gasteiger partial charge in [-0.15, -0.1) is 0 Å². The summed E-state index contributed by atoms with van der Waals surface area (Å²) < 4.78 is 1.56. The van der Waals surface area contributed by atoms with Crippen molar-refractivity contribution < 1.29 is 9.90 Å². The highest BCUT2D eigenvalue weighted by atomic mass is 16.3. The number of nitrogens with one attached hydrogen (secondary N) is 1. The normalized spacial score (nSPS) is 13.2. The monoisotopic (exact) mass is 348 g/mol. The van der Waals surface area contributed by atoms with Gasteiger partial charge in [0.05, 0.1) is 11.7 Å². The van der Waals surface area contributed by atoms with Crippen molar-refractivity contribution in [3.8, 4) is 5.75 Å². The van der Waals surface area contributed by atoms with E-state index in [1.54, 1.807) is 35.2 Å². The van der Waals surface area contributed by atoms with Gasteiger partial charge in [0.2, 0.25) is 0 Å². The second-order valence-electron chi connectivity index (χ2n) is 6.08. The third-order valence-corrected chi connectivity index (χ3v) is 4.48. The van der Waals surface area contributed by atoms with E-state index >= 15 is 0 Å². The molecule has 1 aromatic carbocycles. The molecule has 3 heterocycles. The Morgan fingerprint density at radius 2 is 2.08 bits per heavy atom. The minimum absolute atomic E-state index is 0.288. The molecule has 1 aliphatic rings. The van der Waals surface area contributed by atoms with Gasteiger partial charge in [-0.25, -0.2) is 5.43 Å². The average molecular weight is 348 g/mol. The van der Waals surface area contributed by atoms with Crippen molar-refractivity contribution in [1.29, 1.82) is 0 Å². The summed E-state index contributed by atoms with van der Waals surface area (Å²) in [6.07, 6.45) is 6.31. The number of para-hydroxylation sites is 1. The zero-order valence-corrected chi connectivity index (χ0v) is 13.8. The number of aromatic hydroxyl groups is 1. The van der Waals surface area contributed by atoms with Gasteiger partial charge in [0, 0.05) is 24.3 Å². The van der Waals surface area contributed by atoms with E-state index in [-0.39, 0.29) is 11.3 Å². The first-order valence-electron chi connectivity index (χ1n) is 8.27. The maximum atomic E-state index is 12.8. The number of pyridine rings is 2. The number of hydrazone groups is 1. The molecule has 1 amide bonds. The van der Waals surface area contributed by atoms with Gasteiger partial charge in [0.15, 0.2) is 0 Å². The summed E-state index contributed by atoms with van der Waals surface area (Å²) in [7, 11) is 0. The lowest BCUT2D eigenvalue weighted by Gasteiger charge is -2.21. The number of carbonyl (C=O) groups is 1. The second-order valence-corrected chi connectivity index (χ2v) is 6.08. The Hall–Kier alpha value is -3.48. The number of hydrogen-bond acceptors (Lipinski definition) is 5. The minimum atomic E-state index is -0.737. The molecule has 2 aromatic heterocycles. The number of nitrogens with zero attached hydrogens (tertiary/aromatic N) is 3. The second kappa shape index (κ2) is 6.44. The van der Waals surface area contributed by atoms with Crippen LogP contribution in [0.4, 0.5) is 0 Å². The summed E-state index contributed by atoms with van der Waals surface area (Å²) in [4.78, 5) is 29.2. The molecular weight excluding hydrogens is 332 g/mol. The zero-order chi connectivity index (χ0) is 18.1. The molecule has 0 atom stereocenters. The summed E-state index contributed by atoms with van der Waals surface area (Å²) in [5, 5.41) is 14.9. The van der Waals surface area contributed by atoms with E-state index in [0.29, 0.717) is 17.4 Å². The first-order chi connectivity index (χ1) is 12.7. The molecule has 0 aliphatic carbocycles. The lowest BCUT2D eigenvalue weighted by atomic mass is 9.99. The van der Waals surface area contributed by atoms with Gasteiger partial charge in [-0.3, -0.25) is 14.6 Å². The molecule has 0 saturated heterocycles. The molecule has 130 valence electrons. The average Bonchev–Trinajstić information content (AvgIpc) is 2.67. The fourth-order valence-electron chi connectivity index (χ4n) is 3.29. The van der Waals surface area contributed by atoms with Gasteiger partial charge in [-0.05, 0) is 42.2 Å². The fourth-order valence-corrected chi connectivity index (χ4v) is 3.29. The molecular formula is C19H16N4O3. The largest absolute Gasteiger partial charge is 0.506 e. The van der Waals surface area contributed by atoms with Crippen molar-refractivity contribution in [3.63, 3.8) is 0 Å². The lowest BCUT2D eigenvalue weighted by Crippen LogP contribution is -2.33. The zero-order valence-electron chi connectivity index (χ0n) is 13.8. The molecule has 26 heavy (non-hydrogen) atoms. The minimum Gasteiger partial charge on any atom is -0.506 e. The summed E-state index contributed by atoms with van der Waals surface area (Å²) >= 11 is 0. The summed E-state index contributed by atoms with van der Waals surface area (Å²) in [5.41, 5.74) is 3.98. The van der Waals surface area contributed by atoms with Crippen LogP contribution in [-0.4, -0.2) is 26.8 Å². The van der Waals surface area contributed by atoms with Crippen LogP contribution < -0.4 is 11.0 Å². The van der Waals surface area contributed by atoms with Gasteiger partial charge in [-0.2, -0.15) is 5.10 Å². The van der Waals surface area contributed by atoms with Gasteiger partial charge in [-0.1, -0.05) is 12.1 Å². The van der Waals surface area contributed by atoms with Crippen molar-refractivity contribution in [3.05, 3.63) is 69.8 Å². The van der Waals surface area contributed by atoms with Crippen LogP contribution in [0.5, 0.6) is 5.75 Å². The number of carbonyl (C=O) groups excluding carboxylic acids is 1. The molecule has 0 unspecified atom stereocenters. The molecule has 0 radical (unpaired) electrons.